The second-order valence-corrected chi connectivity index (χ2v) is 5.62. The Bertz CT molecular complexity index is 281. The van der Waals surface area contributed by atoms with Gasteiger partial charge < -0.3 is 5.32 Å². The summed E-state index contributed by atoms with van der Waals surface area (Å²) in [6.45, 7) is 12.6. The zero-order chi connectivity index (χ0) is 10.8. The van der Waals surface area contributed by atoms with Crippen molar-refractivity contribution in [2.24, 2.45) is 5.41 Å². The molecule has 0 saturated carbocycles. The average Bonchev–Trinajstić information content (AvgIpc) is 2.47. The van der Waals surface area contributed by atoms with Crippen molar-refractivity contribution in [3.05, 3.63) is 35.4 Å². The number of nitrogens with one attached hydrogen (secondary N) is 1. The Morgan fingerprint density at radius 2 is 2.07 bits per heavy atom. The van der Waals surface area contributed by atoms with Crippen molar-refractivity contribution < 1.29 is 0 Å². The molecular weight excluding hydrogens is 190 g/mol. The van der Waals surface area contributed by atoms with Gasteiger partial charge in [-0.05, 0) is 18.4 Å². The van der Waals surface area contributed by atoms with Crippen LogP contribution in [0.2, 0.25) is 0 Å². The molecule has 1 saturated heterocycles. The molecule has 1 aliphatic heterocycles. The summed E-state index contributed by atoms with van der Waals surface area (Å²) in [6, 6.07) is 0. The summed E-state index contributed by atoms with van der Waals surface area (Å²) in [5.41, 5.74) is 1.50. The van der Waals surface area contributed by atoms with Crippen molar-refractivity contribution in [3.8, 4) is 0 Å². The van der Waals surface area contributed by atoms with Crippen LogP contribution in [-0.2, 0) is 0 Å². The molecule has 2 heteroatoms. The largest absolute Gasteiger partial charge is 0.372 e. The van der Waals surface area contributed by atoms with Crippen molar-refractivity contribution >= 4 is 11.8 Å². The number of hydrogen-bond donors (Lipinski definition) is 1. The predicted octanol–water partition coefficient (Wildman–Crippen LogP) is 3.67. The van der Waals surface area contributed by atoms with E-state index < -0.39 is 0 Å². The lowest BCUT2D eigenvalue weighted by Crippen LogP contribution is -2.32. The average molecular weight is 209 g/mol. The van der Waals surface area contributed by atoms with E-state index in [1.807, 2.05) is 17.8 Å². The predicted molar refractivity (Wildman–Crippen MR) is 66.0 cm³/mol. The molecular formula is C12H19NS. The van der Waals surface area contributed by atoms with E-state index in [9.17, 15) is 0 Å². The standard InChI is InChI=1S/C12H19NS/c1-6-8-10-9(7-2)13-11(14-10)12(3,4)5/h6-8,11,13H,1H2,2-5H3/b9-7+,10-8+. The maximum Gasteiger partial charge on any atom is 0.0818 e. The summed E-state index contributed by atoms with van der Waals surface area (Å²) in [7, 11) is 0. The van der Waals surface area contributed by atoms with Gasteiger partial charge in [0.1, 0.15) is 0 Å². The van der Waals surface area contributed by atoms with Crippen LogP contribution in [0, 0.1) is 5.41 Å². The Morgan fingerprint density at radius 1 is 1.43 bits per heavy atom. The molecule has 1 fully saturated rings. The van der Waals surface area contributed by atoms with Gasteiger partial charge in [-0.25, -0.2) is 0 Å². The fourth-order valence-corrected chi connectivity index (χ4v) is 2.56. The van der Waals surface area contributed by atoms with Crippen molar-refractivity contribution in [3.63, 3.8) is 0 Å². The van der Waals surface area contributed by atoms with Crippen molar-refractivity contribution in [2.75, 3.05) is 0 Å². The molecule has 1 nitrogen and oxygen atoms in total. The van der Waals surface area contributed by atoms with Crippen LogP contribution < -0.4 is 5.32 Å². The first-order valence-electron chi connectivity index (χ1n) is 4.91. The third kappa shape index (κ3) is 2.44. The zero-order valence-corrected chi connectivity index (χ0v) is 10.2. The van der Waals surface area contributed by atoms with Gasteiger partial charge in [0.05, 0.1) is 5.37 Å². The molecule has 0 aromatic heterocycles. The first-order valence-corrected chi connectivity index (χ1v) is 5.79. The molecule has 1 unspecified atom stereocenters. The number of thioether (sulfide) groups is 1. The maximum absolute atomic E-state index is 3.74. The molecule has 0 spiro atoms. The Kier molecular flexibility index (Phi) is 3.48. The van der Waals surface area contributed by atoms with Crippen LogP contribution >= 0.6 is 11.8 Å². The van der Waals surface area contributed by atoms with E-state index in [1.54, 1.807) is 0 Å². The highest BCUT2D eigenvalue weighted by Crippen LogP contribution is 2.41. The molecule has 0 aromatic rings. The van der Waals surface area contributed by atoms with Gasteiger partial charge in [0.2, 0.25) is 0 Å². The fraction of sp³-hybridized carbons (Fsp3) is 0.500. The van der Waals surface area contributed by atoms with E-state index in [0.717, 1.165) is 0 Å². The van der Waals surface area contributed by atoms with E-state index in [2.05, 4.69) is 51.7 Å². The van der Waals surface area contributed by atoms with E-state index in [0.29, 0.717) is 5.37 Å². The normalized spacial score (nSPS) is 28.1. The summed E-state index contributed by atoms with van der Waals surface area (Å²) in [4.78, 5) is 1.29. The first-order chi connectivity index (χ1) is 6.49. The molecule has 0 aromatic carbocycles. The van der Waals surface area contributed by atoms with Crippen LogP contribution in [0.4, 0.5) is 0 Å². The minimum Gasteiger partial charge on any atom is -0.372 e. The van der Waals surface area contributed by atoms with Crippen molar-refractivity contribution in [2.45, 2.75) is 33.1 Å². The van der Waals surface area contributed by atoms with Crippen LogP contribution in [0.5, 0.6) is 0 Å². The molecule has 0 aliphatic carbocycles. The molecule has 1 heterocycles. The SMILES string of the molecule is C=C/C=C1/SC(C(C)(C)C)N/C1=C/C. The highest BCUT2D eigenvalue weighted by atomic mass is 32.2. The number of hydrogen-bond acceptors (Lipinski definition) is 2. The summed E-state index contributed by atoms with van der Waals surface area (Å²) < 4.78 is 0. The molecule has 1 aliphatic rings. The Morgan fingerprint density at radius 3 is 2.50 bits per heavy atom. The van der Waals surface area contributed by atoms with Crippen LogP contribution in [-0.4, -0.2) is 5.37 Å². The van der Waals surface area contributed by atoms with Crippen molar-refractivity contribution in [1.82, 2.24) is 5.32 Å². The lowest BCUT2D eigenvalue weighted by molar-refractivity contribution is 0.374. The second-order valence-electron chi connectivity index (χ2n) is 4.48. The topological polar surface area (TPSA) is 12.0 Å². The molecule has 1 atom stereocenters. The number of allylic oxidation sites excluding steroid dienone is 3. The van der Waals surface area contributed by atoms with E-state index >= 15 is 0 Å². The molecule has 0 radical (unpaired) electrons. The van der Waals surface area contributed by atoms with Crippen molar-refractivity contribution in [1.29, 1.82) is 0 Å². The monoisotopic (exact) mass is 209 g/mol. The number of rotatable bonds is 1. The molecule has 0 bridgehead atoms. The van der Waals surface area contributed by atoms with E-state index in [-0.39, 0.29) is 5.41 Å². The molecule has 1 N–H and O–H groups in total. The van der Waals surface area contributed by atoms with Gasteiger partial charge >= 0.3 is 0 Å². The highest BCUT2D eigenvalue weighted by Gasteiger charge is 2.32. The van der Waals surface area contributed by atoms with E-state index in [4.69, 9.17) is 0 Å². The molecule has 0 amide bonds. The van der Waals surface area contributed by atoms with Crippen LogP contribution in [0.1, 0.15) is 27.7 Å². The summed E-state index contributed by atoms with van der Waals surface area (Å²) in [5.74, 6) is 0. The third-order valence-electron chi connectivity index (χ3n) is 2.14. The fourth-order valence-electron chi connectivity index (χ4n) is 1.29. The Hall–Kier alpha value is -0.630. The third-order valence-corrected chi connectivity index (χ3v) is 3.81. The summed E-state index contributed by atoms with van der Waals surface area (Å²) in [5, 5.41) is 3.98. The lowest BCUT2D eigenvalue weighted by atomic mass is 9.96. The highest BCUT2D eigenvalue weighted by molar-refractivity contribution is 8.04. The quantitative estimate of drug-likeness (QED) is 0.707. The van der Waals surface area contributed by atoms with Gasteiger partial charge in [0, 0.05) is 10.6 Å². The molecule has 1 rings (SSSR count). The molecule has 14 heavy (non-hydrogen) atoms. The van der Waals surface area contributed by atoms with Gasteiger partial charge in [-0.1, -0.05) is 51.3 Å². The summed E-state index contributed by atoms with van der Waals surface area (Å²) in [6.07, 6.45) is 6.03. The minimum absolute atomic E-state index is 0.273. The van der Waals surface area contributed by atoms with Gasteiger partial charge in [-0.3, -0.25) is 0 Å². The molecule has 78 valence electrons. The second kappa shape index (κ2) is 4.26. The lowest BCUT2D eigenvalue weighted by Gasteiger charge is -2.25. The smallest absolute Gasteiger partial charge is 0.0818 e. The van der Waals surface area contributed by atoms with Crippen LogP contribution in [0.25, 0.3) is 0 Å². The van der Waals surface area contributed by atoms with E-state index in [1.165, 1.54) is 10.6 Å². The van der Waals surface area contributed by atoms with Gasteiger partial charge in [-0.2, -0.15) is 0 Å². The van der Waals surface area contributed by atoms with Gasteiger partial charge in [-0.15, -0.1) is 0 Å². The van der Waals surface area contributed by atoms with Crippen LogP contribution in [0.3, 0.4) is 0 Å². The first kappa shape index (κ1) is 11.4. The Labute approximate surface area is 91.4 Å². The van der Waals surface area contributed by atoms with Crippen LogP contribution in [0.15, 0.2) is 35.4 Å². The van der Waals surface area contributed by atoms with Gasteiger partial charge in [0.15, 0.2) is 0 Å². The maximum atomic E-state index is 3.74. The zero-order valence-electron chi connectivity index (χ0n) is 9.42. The minimum atomic E-state index is 0.273. The Balaban J connectivity index is 2.87. The van der Waals surface area contributed by atoms with Gasteiger partial charge in [0.25, 0.3) is 0 Å². The summed E-state index contributed by atoms with van der Waals surface area (Å²) >= 11 is 1.89.